The first kappa shape index (κ1) is 9.93. The first-order chi connectivity index (χ1) is 6.70. The molecular formula is C10H18N2O2. The van der Waals surface area contributed by atoms with Crippen LogP contribution >= 0.6 is 0 Å². The van der Waals surface area contributed by atoms with Gasteiger partial charge in [-0.2, -0.15) is 0 Å². The Hall–Kier alpha value is -0.610. The highest BCUT2D eigenvalue weighted by molar-refractivity contribution is 5.71. The SMILES string of the molecule is COC(=O)CN1[C@@H]2CC[C@H]1C[C@H](N)C2. The van der Waals surface area contributed by atoms with Crippen LogP contribution in [0.4, 0.5) is 0 Å². The number of rotatable bonds is 2. The van der Waals surface area contributed by atoms with Crippen LogP contribution in [-0.4, -0.2) is 42.6 Å². The van der Waals surface area contributed by atoms with Crippen LogP contribution in [0.5, 0.6) is 0 Å². The van der Waals surface area contributed by atoms with Gasteiger partial charge in [-0.05, 0) is 25.7 Å². The van der Waals surface area contributed by atoms with E-state index < -0.39 is 0 Å². The summed E-state index contributed by atoms with van der Waals surface area (Å²) in [6.07, 6.45) is 4.45. The van der Waals surface area contributed by atoms with Crippen LogP contribution < -0.4 is 5.73 Å². The van der Waals surface area contributed by atoms with Gasteiger partial charge in [0.05, 0.1) is 13.7 Å². The lowest BCUT2D eigenvalue weighted by Crippen LogP contribution is -2.49. The molecule has 2 N–H and O–H groups in total. The summed E-state index contributed by atoms with van der Waals surface area (Å²) in [5, 5.41) is 0. The topological polar surface area (TPSA) is 55.6 Å². The maximum atomic E-state index is 11.2. The Kier molecular flexibility index (Phi) is 2.74. The Balaban J connectivity index is 1.97. The van der Waals surface area contributed by atoms with Crippen molar-refractivity contribution in [2.24, 2.45) is 5.73 Å². The van der Waals surface area contributed by atoms with Crippen molar-refractivity contribution in [1.29, 1.82) is 0 Å². The number of piperidine rings is 1. The Morgan fingerprint density at radius 2 is 2.00 bits per heavy atom. The number of carbonyl (C=O) groups excluding carboxylic acids is 1. The fourth-order valence-electron chi connectivity index (χ4n) is 2.79. The number of nitrogens with two attached hydrogens (primary N) is 1. The van der Waals surface area contributed by atoms with Crippen molar-refractivity contribution >= 4 is 5.97 Å². The van der Waals surface area contributed by atoms with Crippen LogP contribution in [0, 0.1) is 0 Å². The van der Waals surface area contributed by atoms with Crippen molar-refractivity contribution in [3.8, 4) is 0 Å². The van der Waals surface area contributed by atoms with Gasteiger partial charge < -0.3 is 10.5 Å². The van der Waals surface area contributed by atoms with Crippen LogP contribution in [0.1, 0.15) is 25.7 Å². The molecule has 0 unspecified atom stereocenters. The molecule has 0 spiro atoms. The summed E-state index contributed by atoms with van der Waals surface area (Å²) in [5.74, 6) is -0.127. The van der Waals surface area contributed by atoms with Crippen LogP contribution in [-0.2, 0) is 9.53 Å². The highest BCUT2D eigenvalue weighted by atomic mass is 16.5. The zero-order valence-electron chi connectivity index (χ0n) is 8.61. The van der Waals surface area contributed by atoms with E-state index in [0.717, 1.165) is 12.8 Å². The molecule has 2 fully saturated rings. The highest BCUT2D eigenvalue weighted by Crippen LogP contribution is 2.34. The number of methoxy groups -OCH3 is 1. The second kappa shape index (κ2) is 3.87. The van der Waals surface area contributed by atoms with Gasteiger partial charge in [-0.3, -0.25) is 9.69 Å². The average Bonchev–Trinajstić information content (AvgIpc) is 2.41. The normalized spacial score (nSPS) is 37.1. The van der Waals surface area contributed by atoms with E-state index in [1.54, 1.807) is 0 Å². The van der Waals surface area contributed by atoms with Crippen molar-refractivity contribution in [3.63, 3.8) is 0 Å². The highest BCUT2D eigenvalue weighted by Gasteiger charge is 2.40. The minimum absolute atomic E-state index is 0.127. The molecule has 0 aromatic carbocycles. The summed E-state index contributed by atoms with van der Waals surface area (Å²) in [5.41, 5.74) is 5.94. The number of hydrogen-bond acceptors (Lipinski definition) is 4. The third-order valence-corrected chi connectivity index (χ3v) is 3.46. The van der Waals surface area contributed by atoms with E-state index in [1.165, 1.54) is 20.0 Å². The Morgan fingerprint density at radius 3 is 2.50 bits per heavy atom. The molecule has 0 saturated carbocycles. The van der Waals surface area contributed by atoms with Crippen LogP contribution in [0.2, 0.25) is 0 Å². The van der Waals surface area contributed by atoms with Crippen LogP contribution in [0.25, 0.3) is 0 Å². The van der Waals surface area contributed by atoms with Crippen molar-refractivity contribution in [3.05, 3.63) is 0 Å². The minimum Gasteiger partial charge on any atom is -0.468 e. The zero-order valence-corrected chi connectivity index (χ0v) is 8.61. The molecule has 2 rings (SSSR count). The Morgan fingerprint density at radius 1 is 1.43 bits per heavy atom. The number of esters is 1. The maximum Gasteiger partial charge on any atom is 0.319 e. The molecule has 2 heterocycles. The molecule has 2 saturated heterocycles. The van der Waals surface area contributed by atoms with Gasteiger partial charge in [-0.1, -0.05) is 0 Å². The number of carbonyl (C=O) groups is 1. The molecule has 4 heteroatoms. The molecule has 2 aliphatic rings. The van der Waals surface area contributed by atoms with Gasteiger partial charge in [0.15, 0.2) is 0 Å². The van der Waals surface area contributed by atoms with E-state index in [0.29, 0.717) is 24.7 Å². The van der Waals surface area contributed by atoms with Gasteiger partial charge >= 0.3 is 5.97 Å². The summed E-state index contributed by atoms with van der Waals surface area (Å²) in [6, 6.07) is 1.37. The molecule has 0 aliphatic carbocycles. The summed E-state index contributed by atoms with van der Waals surface area (Å²) in [4.78, 5) is 13.5. The molecule has 3 atom stereocenters. The van der Waals surface area contributed by atoms with Crippen LogP contribution in [0.3, 0.4) is 0 Å². The Labute approximate surface area is 84.4 Å². The molecule has 0 amide bonds. The molecule has 4 nitrogen and oxygen atoms in total. The second-order valence-electron chi connectivity index (χ2n) is 4.36. The monoisotopic (exact) mass is 198 g/mol. The predicted octanol–water partition coefficient (Wildman–Crippen LogP) is 0.113. The van der Waals surface area contributed by atoms with E-state index in [2.05, 4.69) is 4.90 Å². The van der Waals surface area contributed by atoms with E-state index in [9.17, 15) is 4.79 Å². The number of fused-ring (bicyclic) bond motifs is 2. The maximum absolute atomic E-state index is 11.2. The van der Waals surface area contributed by atoms with Crippen LogP contribution in [0.15, 0.2) is 0 Å². The molecule has 0 aromatic rings. The number of hydrogen-bond donors (Lipinski definition) is 1. The van der Waals surface area contributed by atoms with Crippen molar-refractivity contribution in [2.75, 3.05) is 13.7 Å². The molecule has 0 radical (unpaired) electrons. The Bertz CT molecular complexity index is 218. The molecular weight excluding hydrogens is 180 g/mol. The largest absolute Gasteiger partial charge is 0.468 e. The predicted molar refractivity (Wildman–Crippen MR) is 52.7 cm³/mol. The van der Waals surface area contributed by atoms with E-state index in [-0.39, 0.29) is 5.97 Å². The summed E-state index contributed by atoms with van der Waals surface area (Å²) in [6.45, 7) is 0.443. The first-order valence-electron chi connectivity index (χ1n) is 5.29. The third-order valence-electron chi connectivity index (χ3n) is 3.46. The van der Waals surface area contributed by atoms with Gasteiger partial charge in [0, 0.05) is 18.1 Å². The van der Waals surface area contributed by atoms with E-state index in [1.807, 2.05) is 0 Å². The summed E-state index contributed by atoms with van der Waals surface area (Å²) >= 11 is 0. The molecule has 2 bridgehead atoms. The zero-order chi connectivity index (χ0) is 10.1. The average molecular weight is 198 g/mol. The number of nitrogens with zero attached hydrogens (tertiary/aromatic N) is 1. The first-order valence-corrected chi connectivity index (χ1v) is 5.29. The summed E-state index contributed by atoms with van der Waals surface area (Å²) in [7, 11) is 1.44. The van der Waals surface area contributed by atoms with Gasteiger partial charge in [0.1, 0.15) is 0 Å². The molecule has 0 aromatic heterocycles. The molecule has 80 valence electrons. The number of ether oxygens (including phenoxy) is 1. The van der Waals surface area contributed by atoms with E-state index in [4.69, 9.17) is 10.5 Å². The van der Waals surface area contributed by atoms with Crippen molar-refractivity contribution in [2.45, 2.75) is 43.8 Å². The summed E-state index contributed by atoms with van der Waals surface area (Å²) < 4.78 is 4.69. The fraction of sp³-hybridized carbons (Fsp3) is 0.900. The lowest BCUT2D eigenvalue weighted by molar-refractivity contribution is -0.143. The van der Waals surface area contributed by atoms with E-state index >= 15 is 0 Å². The standard InChI is InChI=1S/C10H18N2O2/c1-14-10(13)6-12-8-2-3-9(12)5-7(11)4-8/h7-9H,2-6,11H2,1H3/t7-,8-,9+. The quantitative estimate of drug-likeness (QED) is 0.640. The minimum atomic E-state index is -0.127. The molecule has 14 heavy (non-hydrogen) atoms. The van der Waals surface area contributed by atoms with Gasteiger partial charge in [0.2, 0.25) is 0 Å². The fourth-order valence-corrected chi connectivity index (χ4v) is 2.79. The van der Waals surface area contributed by atoms with Gasteiger partial charge in [-0.15, -0.1) is 0 Å². The lowest BCUT2D eigenvalue weighted by Gasteiger charge is -2.36. The lowest BCUT2D eigenvalue weighted by atomic mass is 9.98. The smallest absolute Gasteiger partial charge is 0.319 e. The molecule has 2 aliphatic heterocycles. The van der Waals surface area contributed by atoms with Gasteiger partial charge in [0.25, 0.3) is 0 Å². The van der Waals surface area contributed by atoms with Gasteiger partial charge in [-0.25, -0.2) is 0 Å². The third kappa shape index (κ3) is 1.77. The second-order valence-corrected chi connectivity index (χ2v) is 4.36. The van der Waals surface area contributed by atoms with Crippen molar-refractivity contribution < 1.29 is 9.53 Å². The van der Waals surface area contributed by atoms with Crippen molar-refractivity contribution in [1.82, 2.24) is 4.90 Å².